The van der Waals surface area contributed by atoms with Crippen LogP contribution in [0.5, 0.6) is 0 Å². The van der Waals surface area contributed by atoms with Gasteiger partial charge in [0.05, 0.1) is 6.54 Å². The smallest absolute Gasteiger partial charge is 0.223 e. The van der Waals surface area contributed by atoms with E-state index in [4.69, 9.17) is 12.2 Å². The number of nitrogens with zero attached hydrogens (tertiary/aromatic N) is 1. The highest BCUT2D eigenvalue weighted by Gasteiger charge is 2.13. The molecule has 0 aromatic heterocycles. The van der Waals surface area contributed by atoms with E-state index in [2.05, 4.69) is 5.92 Å². The van der Waals surface area contributed by atoms with Gasteiger partial charge in [0.15, 0.2) is 0 Å². The molecule has 0 saturated carbocycles. The van der Waals surface area contributed by atoms with E-state index < -0.39 is 0 Å². The van der Waals surface area contributed by atoms with Crippen LogP contribution in [0.3, 0.4) is 0 Å². The van der Waals surface area contributed by atoms with Gasteiger partial charge in [-0.3, -0.25) is 4.79 Å². The van der Waals surface area contributed by atoms with Gasteiger partial charge in [0.2, 0.25) is 5.91 Å². The maximum absolute atomic E-state index is 11.9. The van der Waals surface area contributed by atoms with Crippen molar-refractivity contribution in [1.29, 1.82) is 0 Å². The van der Waals surface area contributed by atoms with Crippen LogP contribution >= 0.6 is 0 Å². The lowest BCUT2D eigenvalue weighted by Crippen LogP contribution is -2.31. The van der Waals surface area contributed by atoms with Gasteiger partial charge in [0, 0.05) is 19.0 Å². The summed E-state index contributed by atoms with van der Waals surface area (Å²) in [5.74, 6) is 2.56. The van der Waals surface area contributed by atoms with Crippen molar-refractivity contribution in [2.45, 2.75) is 25.8 Å². The van der Waals surface area contributed by atoms with Crippen molar-refractivity contribution in [3.8, 4) is 12.3 Å². The number of carbonyl (C=O) groups excluding carboxylic acids is 1. The monoisotopic (exact) mass is 244 g/mol. The van der Waals surface area contributed by atoms with E-state index in [1.165, 1.54) is 0 Å². The van der Waals surface area contributed by atoms with Gasteiger partial charge in [-0.2, -0.15) is 0 Å². The van der Waals surface area contributed by atoms with Crippen molar-refractivity contribution in [3.63, 3.8) is 0 Å². The topological polar surface area (TPSA) is 46.3 Å². The van der Waals surface area contributed by atoms with Gasteiger partial charge >= 0.3 is 0 Å². The van der Waals surface area contributed by atoms with Crippen LogP contribution in [0.2, 0.25) is 0 Å². The zero-order valence-corrected chi connectivity index (χ0v) is 10.8. The largest absolute Gasteiger partial charge is 0.332 e. The summed E-state index contributed by atoms with van der Waals surface area (Å²) in [6.45, 7) is 2.94. The van der Waals surface area contributed by atoms with Gasteiger partial charge < -0.3 is 10.6 Å². The number of nitrogens with two attached hydrogens (primary N) is 1. The Labute approximate surface area is 109 Å². The third-order valence-electron chi connectivity index (χ3n) is 2.91. The minimum Gasteiger partial charge on any atom is -0.332 e. The molecule has 3 nitrogen and oxygen atoms in total. The van der Waals surface area contributed by atoms with Gasteiger partial charge in [0.1, 0.15) is 0 Å². The summed E-state index contributed by atoms with van der Waals surface area (Å²) in [5.41, 5.74) is 7.11. The quantitative estimate of drug-likeness (QED) is 0.777. The molecule has 3 heteroatoms. The van der Waals surface area contributed by atoms with E-state index in [1.807, 2.05) is 37.3 Å². The Morgan fingerprint density at radius 2 is 2.11 bits per heavy atom. The molecule has 1 amide bonds. The van der Waals surface area contributed by atoms with Crippen molar-refractivity contribution in [2.75, 3.05) is 13.1 Å². The van der Waals surface area contributed by atoms with Crippen molar-refractivity contribution in [3.05, 3.63) is 35.9 Å². The lowest BCUT2D eigenvalue weighted by Gasteiger charge is -2.19. The highest BCUT2D eigenvalue weighted by atomic mass is 16.2. The number of carbonyl (C=O) groups is 1. The standard InChI is InChI=1S/C15H20N2O/c1-3-12-17(4-2)15(18)11-10-14(16)13-8-6-5-7-9-13/h1,5-9,14H,4,10-12,16H2,2H3. The normalized spacial score (nSPS) is 11.6. The summed E-state index contributed by atoms with van der Waals surface area (Å²) in [6.07, 6.45) is 6.30. The first-order chi connectivity index (χ1) is 8.69. The Balaban J connectivity index is 2.45. The van der Waals surface area contributed by atoms with Crippen LogP contribution < -0.4 is 5.73 Å². The van der Waals surface area contributed by atoms with Gasteiger partial charge in [-0.05, 0) is 18.9 Å². The third kappa shape index (κ3) is 4.23. The summed E-state index contributed by atoms with van der Waals surface area (Å²) in [7, 11) is 0. The lowest BCUT2D eigenvalue weighted by atomic mass is 10.0. The fourth-order valence-electron chi connectivity index (χ4n) is 1.79. The van der Waals surface area contributed by atoms with Gasteiger partial charge in [-0.25, -0.2) is 0 Å². The Hall–Kier alpha value is -1.79. The van der Waals surface area contributed by atoms with Crippen molar-refractivity contribution in [2.24, 2.45) is 5.73 Å². The Morgan fingerprint density at radius 3 is 2.67 bits per heavy atom. The molecular weight excluding hydrogens is 224 g/mol. The van der Waals surface area contributed by atoms with E-state index in [1.54, 1.807) is 4.90 Å². The predicted octanol–water partition coefficient (Wildman–Crippen LogP) is 1.95. The van der Waals surface area contributed by atoms with Crippen molar-refractivity contribution in [1.82, 2.24) is 4.90 Å². The minimum atomic E-state index is -0.0975. The molecule has 1 atom stereocenters. The number of hydrogen-bond donors (Lipinski definition) is 1. The molecule has 0 radical (unpaired) electrons. The van der Waals surface area contributed by atoms with Gasteiger partial charge in [-0.1, -0.05) is 36.3 Å². The molecule has 0 bridgehead atoms. The molecular formula is C15H20N2O. The van der Waals surface area contributed by atoms with Crippen LogP contribution in [0.4, 0.5) is 0 Å². The summed E-state index contributed by atoms with van der Waals surface area (Å²) in [5, 5.41) is 0. The lowest BCUT2D eigenvalue weighted by molar-refractivity contribution is -0.130. The second-order valence-corrected chi connectivity index (χ2v) is 4.17. The molecule has 0 spiro atoms. The molecule has 2 N–H and O–H groups in total. The molecule has 18 heavy (non-hydrogen) atoms. The maximum atomic E-state index is 11.9. The number of rotatable bonds is 6. The number of terminal acetylenes is 1. The van der Waals surface area contributed by atoms with Gasteiger partial charge in [-0.15, -0.1) is 6.42 Å². The number of amides is 1. The zero-order chi connectivity index (χ0) is 13.4. The highest BCUT2D eigenvalue weighted by molar-refractivity contribution is 5.76. The Kier molecular flexibility index (Phi) is 5.96. The molecule has 0 fully saturated rings. The molecule has 1 aromatic rings. The molecule has 1 aromatic carbocycles. The second-order valence-electron chi connectivity index (χ2n) is 4.17. The zero-order valence-electron chi connectivity index (χ0n) is 10.8. The van der Waals surface area contributed by atoms with E-state index in [-0.39, 0.29) is 11.9 Å². The van der Waals surface area contributed by atoms with Crippen LogP contribution in [0.1, 0.15) is 31.4 Å². The van der Waals surface area contributed by atoms with Crippen molar-refractivity contribution < 1.29 is 4.79 Å². The van der Waals surface area contributed by atoms with E-state index in [0.717, 1.165) is 5.56 Å². The first-order valence-electron chi connectivity index (χ1n) is 6.20. The highest BCUT2D eigenvalue weighted by Crippen LogP contribution is 2.15. The molecule has 1 rings (SSSR count). The number of hydrogen-bond acceptors (Lipinski definition) is 2. The molecule has 0 aliphatic heterocycles. The molecule has 1 unspecified atom stereocenters. The first kappa shape index (κ1) is 14.3. The third-order valence-corrected chi connectivity index (χ3v) is 2.91. The summed E-state index contributed by atoms with van der Waals surface area (Å²) >= 11 is 0. The number of benzene rings is 1. The summed E-state index contributed by atoms with van der Waals surface area (Å²) < 4.78 is 0. The average molecular weight is 244 g/mol. The first-order valence-corrected chi connectivity index (χ1v) is 6.20. The van der Waals surface area contributed by atoms with E-state index in [0.29, 0.717) is 25.9 Å². The molecule has 0 saturated heterocycles. The SMILES string of the molecule is C#CCN(CC)C(=O)CCC(N)c1ccccc1. The fraction of sp³-hybridized carbons (Fsp3) is 0.400. The van der Waals surface area contributed by atoms with Crippen LogP contribution in [-0.2, 0) is 4.79 Å². The fourth-order valence-corrected chi connectivity index (χ4v) is 1.79. The average Bonchev–Trinajstić information content (AvgIpc) is 2.42. The van der Waals surface area contributed by atoms with Gasteiger partial charge in [0.25, 0.3) is 0 Å². The predicted molar refractivity (Wildman–Crippen MR) is 73.7 cm³/mol. The van der Waals surface area contributed by atoms with E-state index >= 15 is 0 Å². The molecule has 96 valence electrons. The van der Waals surface area contributed by atoms with Crippen LogP contribution in [0.15, 0.2) is 30.3 Å². The molecule has 0 heterocycles. The molecule has 0 aliphatic rings. The Bertz CT molecular complexity index is 408. The molecule has 0 aliphatic carbocycles. The summed E-state index contributed by atoms with van der Waals surface area (Å²) in [6, 6.07) is 9.72. The second kappa shape index (κ2) is 7.52. The van der Waals surface area contributed by atoms with Crippen molar-refractivity contribution >= 4 is 5.91 Å². The Morgan fingerprint density at radius 1 is 1.44 bits per heavy atom. The maximum Gasteiger partial charge on any atom is 0.223 e. The minimum absolute atomic E-state index is 0.0711. The van der Waals surface area contributed by atoms with Crippen LogP contribution in [-0.4, -0.2) is 23.9 Å². The van der Waals surface area contributed by atoms with E-state index in [9.17, 15) is 4.79 Å². The summed E-state index contributed by atoms with van der Waals surface area (Å²) in [4.78, 5) is 13.5. The van der Waals surface area contributed by atoms with Crippen LogP contribution in [0.25, 0.3) is 0 Å². The van der Waals surface area contributed by atoms with Crippen LogP contribution in [0, 0.1) is 12.3 Å².